The molecule has 0 radical (unpaired) electrons. The first-order valence-corrected chi connectivity index (χ1v) is 11.9. The highest BCUT2D eigenvalue weighted by Gasteiger charge is 2.47. The highest BCUT2D eigenvalue weighted by molar-refractivity contribution is 7.88. The van der Waals surface area contributed by atoms with Crippen LogP contribution in [0.2, 0.25) is 0 Å². The summed E-state index contributed by atoms with van der Waals surface area (Å²) in [6, 6.07) is 11.1. The van der Waals surface area contributed by atoms with Crippen LogP contribution in [0.1, 0.15) is 30.7 Å². The normalized spacial score (nSPS) is 24.0. The third-order valence-electron chi connectivity index (χ3n) is 5.81. The number of hydrogen-bond donors (Lipinski definition) is 1. The Morgan fingerprint density at radius 1 is 1.13 bits per heavy atom. The summed E-state index contributed by atoms with van der Waals surface area (Å²) in [7, 11) is -3.32. The van der Waals surface area contributed by atoms with Crippen LogP contribution in [0.15, 0.2) is 42.5 Å². The molecule has 3 atom stereocenters. The van der Waals surface area contributed by atoms with Gasteiger partial charge in [-0.15, -0.1) is 0 Å². The molecule has 1 amide bonds. The second-order valence-electron chi connectivity index (χ2n) is 8.18. The van der Waals surface area contributed by atoms with Crippen molar-refractivity contribution in [1.82, 2.24) is 9.62 Å². The van der Waals surface area contributed by atoms with Gasteiger partial charge in [-0.25, -0.2) is 21.9 Å². The molecule has 30 heavy (non-hydrogen) atoms. The summed E-state index contributed by atoms with van der Waals surface area (Å²) >= 11 is 0. The third-order valence-corrected chi connectivity index (χ3v) is 6.57. The number of amides is 1. The van der Waals surface area contributed by atoms with E-state index in [9.17, 15) is 22.0 Å². The van der Waals surface area contributed by atoms with Crippen LogP contribution in [0.5, 0.6) is 0 Å². The van der Waals surface area contributed by atoms with Gasteiger partial charge in [0, 0.05) is 25.0 Å². The summed E-state index contributed by atoms with van der Waals surface area (Å²) in [4.78, 5) is 14.8. The Morgan fingerprint density at radius 3 is 2.63 bits per heavy atom. The first kappa shape index (κ1) is 20.9. The number of benzene rings is 2. The molecule has 2 aliphatic rings. The van der Waals surface area contributed by atoms with E-state index in [2.05, 4.69) is 4.72 Å². The lowest BCUT2D eigenvalue weighted by atomic mass is 9.95. The predicted molar refractivity (Wildman–Crippen MR) is 110 cm³/mol. The Hall–Kier alpha value is -2.32. The maximum absolute atomic E-state index is 13.7. The van der Waals surface area contributed by atoms with E-state index in [1.54, 1.807) is 11.0 Å². The molecule has 4 rings (SSSR count). The van der Waals surface area contributed by atoms with Crippen LogP contribution >= 0.6 is 0 Å². The zero-order valence-corrected chi connectivity index (χ0v) is 17.5. The minimum absolute atomic E-state index is 0.0186. The van der Waals surface area contributed by atoms with Gasteiger partial charge in [-0.3, -0.25) is 4.79 Å². The van der Waals surface area contributed by atoms with Gasteiger partial charge in [-0.2, -0.15) is 0 Å². The molecule has 2 aromatic rings. The van der Waals surface area contributed by atoms with Gasteiger partial charge in [-0.1, -0.05) is 30.3 Å². The van der Waals surface area contributed by atoms with Crippen LogP contribution in [-0.4, -0.2) is 44.6 Å². The summed E-state index contributed by atoms with van der Waals surface area (Å²) in [5.41, 5.74) is 2.33. The lowest BCUT2D eigenvalue weighted by Crippen LogP contribution is -2.49. The average Bonchev–Trinajstić information content (AvgIpc) is 3.49. The number of rotatable bonds is 5. The second kappa shape index (κ2) is 8.07. The molecule has 3 unspecified atom stereocenters. The van der Waals surface area contributed by atoms with Gasteiger partial charge < -0.3 is 4.90 Å². The van der Waals surface area contributed by atoms with Crippen molar-refractivity contribution in [3.8, 4) is 11.1 Å². The van der Waals surface area contributed by atoms with E-state index in [-0.39, 0.29) is 23.8 Å². The zero-order valence-electron chi connectivity index (χ0n) is 16.6. The second-order valence-corrected chi connectivity index (χ2v) is 9.96. The summed E-state index contributed by atoms with van der Waals surface area (Å²) in [6.07, 6.45) is 3.28. The van der Waals surface area contributed by atoms with E-state index < -0.39 is 21.7 Å². The smallest absolute Gasteiger partial charge is 0.226 e. The van der Waals surface area contributed by atoms with Gasteiger partial charge in [0.2, 0.25) is 15.9 Å². The van der Waals surface area contributed by atoms with E-state index in [0.717, 1.165) is 29.9 Å². The standard InChI is InChI=1S/C22H24F2N2O3S/c1-30(28,29)25-15-5-4-10-26(13-15)22(27)19-12-18(19)17-7-3-2-6-16(17)14-8-9-20(23)21(24)11-14/h2-3,6-9,11,15,18-19,25H,4-5,10,12-13H2,1H3. The molecule has 1 aliphatic heterocycles. The van der Waals surface area contributed by atoms with Crippen molar-refractivity contribution in [3.05, 3.63) is 59.7 Å². The van der Waals surface area contributed by atoms with Gasteiger partial charge in [-0.05, 0) is 54.0 Å². The highest BCUT2D eigenvalue weighted by Crippen LogP contribution is 2.51. The van der Waals surface area contributed by atoms with Crippen molar-refractivity contribution < 1.29 is 22.0 Å². The van der Waals surface area contributed by atoms with Crippen LogP contribution in [0.25, 0.3) is 11.1 Å². The first-order chi connectivity index (χ1) is 14.2. The van der Waals surface area contributed by atoms with E-state index in [0.29, 0.717) is 31.5 Å². The van der Waals surface area contributed by atoms with E-state index in [4.69, 9.17) is 0 Å². The molecule has 2 aromatic carbocycles. The molecule has 160 valence electrons. The van der Waals surface area contributed by atoms with Crippen LogP contribution in [0.4, 0.5) is 8.78 Å². The molecule has 1 saturated carbocycles. The summed E-state index contributed by atoms with van der Waals surface area (Å²) in [5.74, 6) is -1.92. The fourth-order valence-electron chi connectivity index (χ4n) is 4.37. The molecule has 1 saturated heterocycles. The number of hydrogen-bond acceptors (Lipinski definition) is 3. The molecule has 1 heterocycles. The number of carbonyl (C=O) groups excluding carboxylic acids is 1. The van der Waals surface area contributed by atoms with Crippen molar-refractivity contribution in [3.63, 3.8) is 0 Å². The van der Waals surface area contributed by atoms with Gasteiger partial charge in [0.25, 0.3) is 0 Å². The Labute approximate surface area is 175 Å². The monoisotopic (exact) mass is 434 g/mol. The van der Waals surface area contributed by atoms with Crippen molar-refractivity contribution >= 4 is 15.9 Å². The Bertz CT molecular complexity index is 1070. The molecule has 2 fully saturated rings. The predicted octanol–water partition coefficient (Wildman–Crippen LogP) is 3.28. The average molecular weight is 435 g/mol. The van der Waals surface area contributed by atoms with Crippen molar-refractivity contribution in [2.75, 3.05) is 19.3 Å². The number of nitrogens with zero attached hydrogens (tertiary/aromatic N) is 1. The maximum atomic E-state index is 13.7. The van der Waals surface area contributed by atoms with Crippen LogP contribution in [0, 0.1) is 17.6 Å². The topological polar surface area (TPSA) is 66.5 Å². The van der Waals surface area contributed by atoms with Crippen molar-refractivity contribution in [2.24, 2.45) is 5.92 Å². The first-order valence-electron chi connectivity index (χ1n) is 10.0. The number of likely N-dealkylation sites (tertiary alicyclic amines) is 1. The fourth-order valence-corrected chi connectivity index (χ4v) is 5.17. The van der Waals surface area contributed by atoms with Gasteiger partial charge in [0.15, 0.2) is 11.6 Å². The molecule has 1 N–H and O–H groups in total. The van der Waals surface area contributed by atoms with Crippen LogP contribution < -0.4 is 4.72 Å². The quantitative estimate of drug-likeness (QED) is 0.786. The molecule has 5 nitrogen and oxygen atoms in total. The molecular formula is C22H24F2N2O3S. The number of carbonyl (C=O) groups is 1. The molecule has 0 bridgehead atoms. The number of sulfonamides is 1. The number of halogens is 2. The summed E-state index contributed by atoms with van der Waals surface area (Å²) in [5, 5.41) is 0. The maximum Gasteiger partial charge on any atom is 0.226 e. The van der Waals surface area contributed by atoms with E-state index in [1.807, 2.05) is 24.3 Å². The third kappa shape index (κ3) is 4.54. The lowest BCUT2D eigenvalue weighted by Gasteiger charge is -2.33. The SMILES string of the molecule is CS(=O)(=O)NC1CCCN(C(=O)C2CC2c2ccccc2-c2ccc(F)c(F)c2)C1. The minimum Gasteiger partial charge on any atom is -0.341 e. The van der Waals surface area contributed by atoms with Crippen LogP contribution in [-0.2, 0) is 14.8 Å². The number of nitrogens with one attached hydrogen (secondary N) is 1. The van der Waals surface area contributed by atoms with E-state index in [1.165, 1.54) is 6.07 Å². The van der Waals surface area contributed by atoms with E-state index >= 15 is 0 Å². The van der Waals surface area contributed by atoms with Gasteiger partial charge in [0.1, 0.15) is 0 Å². The van der Waals surface area contributed by atoms with Gasteiger partial charge >= 0.3 is 0 Å². The van der Waals surface area contributed by atoms with Gasteiger partial charge in [0.05, 0.1) is 6.26 Å². The van der Waals surface area contributed by atoms with Crippen LogP contribution in [0.3, 0.4) is 0 Å². The zero-order chi connectivity index (χ0) is 21.5. The number of piperidine rings is 1. The Balaban J connectivity index is 1.49. The fraction of sp³-hybridized carbons (Fsp3) is 0.409. The Morgan fingerprint density at radius 2 is 1.90 bits per heavy atom. The van der Waals surface area contributed by atoms with Crippen molar-refractivity contribution in [2.45, 2.75) is 31.2 Å². The minimum atomic E-state index is -3.32. The molecule has 0 aromatic heterocycles. The highest BCUT2D eigenvalue weighted by atomic mass is 32.2. The molecule has 0 spiro atoms. The largest absolute Gasteiger partial charge is 0.341 e. The Kier molecular flexibility index (Phi) is 5.63. The lowest BCUT2D eigenvalue weighted by molar-refractivity contribution is -0.133. The molecule has 8 heteroatoms. The van der Waals surface area contributed by atoms with Crippen molar-refractivity contribution in [1.29, 1.82) is 0 Å². The molecular weight excluding hydrogens is 410 g/mol. The molecule has 1 aliphatic carbocycles. The summed E-state index contributed by atoms with van der Waals surface area (Å²) < 4.78 is 52.7. The summed E-state index contributed by atoms with van der Waals surface area (Å²) in [6.45, 7) is 0.995.